The Morgan fingerprint density at radius 2 is 1.57 bits per heavy atom. The minimum Gasteiger partial charge on any atom is -0.507 e. The van der Waals surface area contributed by atoms with Gasteiger partial charge in [-0.05, 0) is 98.8 Å². The number of likely N-dealkylation sites (tertiary alicyclic amines) is 2. The molecule has 0 radical (unpaired) electrons. The average Bonchev–Trinajstić information content (AvgIpc) is 3.76. The summed E-state index contributed by atoms with van der Waals surface area (Å²) in [7, 11) is 0. The van der Waals surface area contributed by atoms with E-state index in [0.29, 0.717) is 48.4 Å². The molecule has 6 aliphatic rings. The van der Waals surface area contributed by atoms with Crippen molar-refractivity contribution < 1.29 is 24.6 Å². The predicted octanol–water partition coefficient (Wildman–Crippen LogP) is 3.79. The number of nitrogens with one attached hydrogen (secondary N) is 3. The molecule has 0 unspecified atom stereocenters. The van der Waals surface area contributed by atoms with Gasteiger partial charge in [-0.3, -0.25) is 19.4 Å². The van der Waals surface area contributed by atoms with Crippen molar-refractivity contribution in [2.45, 2.75) is 109 Å². The minimum atomic E-state index is -0.877. The highest BCUT2D eigenvalue weighted by Gasteiger charge is 2.45. The number of phenols is 1. The van der Waals surface area contributed by atoms with E-state index < -0.39 is 23.6 Å². The molecule has 2 aromatic carbocycles. The Hall–Kier alpha value is -5.47. The molecule has 0 spiro atoms. The van der Waals surface area contributed by atoms with Crippen LogP contribution in [-0.2, 0) is 16.1 Å². The summed E-state index contributed by atoms with van der Waals surface area (Å²) in [6, 6.07) is 16.4. The number of carbonyl (C=O) groups excluding carboxylic acids is 3. The van der Waals surface area contributed by atoms with Crippen LogP contribution in [0.1, 0.15) is 76.8 Å². The van der Waals surface area contributed by atoms with Crippen molar-refractivity contribution >= 4 is 29.4 Å². The Kier molecular flexibility index (Phi) is 14.4. The van der Waals surface area contributed by atoms with Crippen LogP contribution in [0, 0.1) is 23.7 Å². The number of fused-ring (bicyclic) bond motifs is 3. The van der Waals surface area contributed by atoms with Crippen LogP contribution in [0.25, 0.3) is 11.3 Å². The van der Waals surface area contributed by atoms with Crippen molar-refractivity contribution in [3.63, 3.8) is 0 Å². The molecule has 9 rings (SSSR count). The molecule has 5 fully saturated rings. The topological polar surface area (TPSA) is 173 Å². The van der Waals surface area contributed by atoms with Gasteiger partial charge in [0.15, 0.2) is 5.82 Å². The van der Waals surface area contributed by atoms with E-state index in [0.717, 1.165) is 81.5 Å². The quantitative estimate of drug-likeness (QED) is 0.187. The zero-order valence-corrected chi connectivity index (χ0v) is 40.2. The summed E-state index contributed by atoms with van der Waals surface area (Å²) in [5, 5.41) is 39.5. The van der Waals surface area contributed by atoms with Gasteiger partial charge in [-0.15, -0.1) is 16.6 Å². The standard InChI is InChI=1S/C52H71N11O5/c1-5-35-10-12-36(13-11-35)30-54-49(66)45-28-41(64)34-63(45)50(67)47(52(2,3)4)55-51(68)60-24-22-58(23-25-60)32-37-14-16-38(17-15-37)59-20-18-39(19-21-59)61-26-27-62-40(33-61)31-53-48-44(62)29-43(56-57-48)42-8-6-7-9-46(42)65/h1,6-13,29,37-41,45,47,64-65H,14-28,30-34H2,2-4H3,(H,53,57)(H,54,66)(H,55,68)/t37-,38-,40-,41+,45-,47+/m0/s1. The van der Waals surface area contributed by atoms with Gasteiger partial charge < -0.3 is 45.8 Å². The first kappa shape index (κ1) is 47.6. The van der Waals surface area contributed by atoms with Crippen LogP contribution >= 0.6 is 0 Å². The van der Waals surface area contributed by atoms with Crippen LogP contribution in [-0.4, -0.2) is 178 Å². The maximum atomic E-state index is 14.2. The number of piperidine rings is 1. The second kappa shape index (κ2) is 20.6. The largest absolute Gasteiger partial charge is 0.507 e. The number of piperazine rings is 2. The van der Waals surface area contributed by atoms with Crippen molar-refractivity contribution in [2.24, 2.45) is 11.3 Å². The minimum absolute atomic E-state index is 0.0333. The van der Waals surface area contributed by atoms with Gasteiger partial charge in [0, 0.05) is 102 Å². The van der Waals surface area contributed by atoms with Crippen molar-refractivity contribution in [2.75, 3.05) is 88.8 Å². The zero-order valence-electron chi connectivity index (χ0n) is 40.2. The summed E-state index contributed by atoms with van der Waals surface area (Å²) < 4.78 is 0. The lowest BCUT2D eigenvalue weighted by atomic mass is 9.84. The number of rotatable bonds is 10. The molecular weight excluding hydrogens is 859 g/mol. The van der Waals surface area contributed by atoms with Gasteiger partial charge >= 0.3 is 6.03 Å². The van der Waals surface area contributed by atoms with Gasteiger partial charge in [-0.25, -0.2) is 4.79 Å². The fourth-order valence-corrected chi connectivity index (χ4v) is 11.6. The lowest BCUT2D eigenvalue weighted by Gasteiger charge is -2.50. The zero-order chi connectivity index (χ0) is 47.5. The number of hydrogen-bond donors (Lipinski definition) is 5. The molecule has 364 valence electrons. The molecule has 4 saturated heterocycles. The first-order valence-electron chi connectivity index (χ1n) is 25.1. The molecule has 1 saturated carbocycles. The lowest BCUT2D eigenvalue weighted by molar-refractivity contribution is -0.142. The Morgan fingerprint density at radius 3 is 2.28 bits per heavy atom. The van der Waals surface area contributed by atoms with Crippen molar-refractivity contribution in [3.05, 3.63) is 65.7 Å². The van der Waals surface area contributed by atoms with Crippen LogP contribution in [0.5, 0.6) is 5.75 Å². The molecule has 5 aliphatic heterocycles. The number of nitrogens with zero attached hydrogens (tertiary/aromatic N) is 8. The summed E-state index contributed by atoms with van der Waals surface area (Å²) >= 11 is 0. The highest BCUT2D eigenvalue weighted by molar-refractivity contribution is 5.93. The summed E-state index contributed by atoms with van der Waals surface area (Å²) in [6.07, 6.45) is 12.2. The van der Waals surface area contributed by atoms with Gasteiger partial charge in [0.1, 0.15) is 17.8 Å². The Balaban J connectivity index is 0.689. The maximum Gasteiger partial charge on any atom is 0.318 e. The average molecular weight is 930 g/mol. The molecule has 0 bridgehead atoms. The highest BCUT2D eigenvalue weighted by atomic mass is 16.3. The van der Waals surface area contributed by atoms with Crippen LogP contribution < -0.4 is 20.9 Å². The normalized spacial score (nSPS) is 25.7. The third-order valence-corrected chi connectivity index (χ3v) is 15.6. The number of β-amino-alcohol motifs (C(OH)–C–C–N with tert-alkyl or cyclic N) is 1. The van der Waals surface area contributed by atoms with E-state index in [1.54, 1.807) is 6.07 Å². The van der Waals surface area contributed by atoms with Gasteiger partial charge in [0.25, 0.3) is 0 Å². The predicted molar refractivity (Wildman–Crippen MR) is 263 cm³/mol. The number of anilines is 2. The second-order valence-corrected chi connectivity index (χ2v) is 21.1. The number of para-hydroxylation sites is 1. The number of amides is 4. The van der Waals surface area contributed by atoms with Crippen molar-refractivity contribution in [3.8, 4) is 29.4 Å². The van der Waals surface area contributed by atoms with E-state index in [2.05, 4.69) is 57.7 Å². The fraction of sp³-hybridized carbons (Fsp3) is 0.596. The number of aliphatic hydroxyl groups excluding tert-OH is 1. The molecular formula is C52H71N11O5. The first-order chi connectivity index (χ1) is 32.8. The molecule has 3 aromatic rings. The molecule has 4 amide bonds. The number of hydrogen-bond acceptors (Lipinski definition) is 12. The van der Waals surface area contributed by atoms with Crippen LogP contribution in [0.15, 0.2) is 54.6 Å². The number of carbonyl (C=O) groups is 3. The third-order valence-electron chi connectivity index (χ3n) is 15.6. The number of benzene rings is 2. The maximum absolute atomic E-state index is 14.2. The van der Waals surface area contributed by atoms with Crippen LogP contribution in [0.3, 0.4) is 0 Å². The van der Waals surface area contributed by atoms with Crippen molar-refractivity contribution in [1.82, 2.24) is 45.3 Å². The summed E-state index contributed by atoms with van der Waals surface area (Å²) in [5.41, 5.74) is 3.46. The van der Waals surface area contributed by atoms with Crippen molar-refractivity contribution in [1.29, 1.82) is 0 Å². The molecule has 16 heteroatoms. The number of phenolic OH excluding ortho intramolecular Hbond substituents is 1. The molecule has 4 atom stereocenters. The number of aromatic hydroxyl groups is 1. The van der Waals surface area contributed by atoms with E-state index >= 15 is 0 Å². The van der Waals surface area contributed by atoms with Gasteiger partial charge in [-0.2, -0.15) is 0 Å². The molecule has 16 nitrogen and oxygen atoms in total. The van der Waals surface area contributed by atoms with Crippen LogP contribution in [0.2, 0.25) is 0 Å². The number of terminal acetylenes is 1. The SMILES string of the molecule is C#Cc1ccc(CNC(=O)[C@@H]2C[C@@H](O)CN2C(=O)[C@@H](NC(=O)N2CCN(C[C@H]3CC[C@H](N4CCC(N5CCN6c7cc(-c8ccccc8O)nnc7NC[C@H]6C5)CC4)CC3)CC2)C(C)(C)C)cc1. The molecule has 5 N–H and O–H groups in total. The van der Waals surface area contributed by atoms with Gasteiger partial charge in [0.05, 0.1) is 23.5 Å². The summed E-state index contributed by atoms with van der Waals surface area (Å²) in [4.78, 5) is 55.1. The monoisotopic (exact) mass is 930 g/mol. The Labute approximate surface area is 401 Å². The highest BCUT2D eigenvalue weighted by Crippen LogP contribution is 2.37. The number of aromatic nitrogens is 2. The smallest absolute Gasteiger partial charge is 0.318 e. The van der Waals surface area contributed by atoms with E-state index in [9.17, 15) is 24.6 Å². The number of urea groups is 1. The second-order valence-electron chi connectivity index (χ2n) is 21.1. The van der Waals surface area contributed by atoms with E-state index in [4.69, 9.17) is 6.42 Å². The van der Waals surface area contributed by atoms with E-state index in [1.807, 2.05) is 68.1 Å². The number of aliphatic hydroxyl groups is 1. The van der Waals surface area contributed by atoms with Gasteiger partial charge in [-0.1, -0.05) is 51.0 Å². The fourth-order valence-electron chi connectivity index (χ4n) is 11.6. The Morgan fingerprint density at radius 1 is 0.853 bits per heavy atom. The molecule has 68 heavy (non-hydrogen) atoms. The van der Waals surface area contributed by atoms with Gasteiger partial charge in [0.2, 0.25) is 11.8 Å². The first-order valence-corrected chi connectivity index (χ1v) is 25.1. The molecule has 1 aromatic heterocycles. The molecule has 6 heterocycles. The lowest BCUT2D eigenvalue weighted by Crippen LogP contribution is -2.61. The summed E-state index contributed by atoms with van der Waals surface area (Å²) in [6.45, 7) is 16.1. The van der Waals surface area contributed by atoms with E-state index in [1.165, 1.54) is 43.4 Å². The summed E-state index contributed by atoms with van der Waals surface area (Å²) in [5.74, 6) is 3.58. The Bertz CT molecular complexity index is 2290. The van der Waals surface area contributed by atoms with E-state index in [-0.39, 0.29) is 43.1 Å². The molecule has 1 aliphatic carbocycles. The third kappa shape index (κ3) is 10.7. The van der Waals surface area contributed by atoms with Crippen LogP contribution in [0.4, 0.5) is 16.3 Å².